The number of ether oxygens (including phenoxy) is 1. The number of likely N-dealkylation sites (tertiary alicyclic amines) is 1. The summed E-state index contributed by atoms with van der Waals surface area (Å²) >= 11 is 1.70. The standard InChI is InChI=1S/C27H32FNOS/c28-25-12-10-24(11-13-25)27(26-9-5-21-31-26)30-20-16-23-14-18-29(19-15-23)17-4-8-22-6-2-1-3-7-22/h1-3,5-7,9-13,21,23,27H,4,8,14-20H2. The Hall–Kier alpha value is -2.01. The van der Waals surface area contributed by atoms with Gasteiger partial charge in [-0.15, -0.1) is 11.3 Å². The van der Waals surface area contributed by atoms with Crippen molar-refractivity contribution in [2.45, 2.75) is 38.2 Å². The van der Waals surface area contributed by atoms with E-state index in [0.717, 1.165) is 24.5 Å². The van der Waals surface area contributed by atoms with Crippen LogP contribution < -0.4 is 0 Å². The van der Waals surface area contributed by atoms with Crippen molar-refractivity contribution in [1.29, 1.82) is 0 Å². The van der Waals surface area contributed by atoms with Crippen LogP contribution in [0.5, 0.6) is 0 Å². The number of hydrogen-bond acceptors (Lipinski definition) is 3. The number of piperidine rings is 1. The second-order valence-corrected chi connectivity index (χ2v) is 9.46. The third-order valence-electron chi connectivity index (χ3n) is 6.27. The molecule has 1 aliphatic rings. The van der Waals surface area contributed by atoms with E-state index in [1.807, 2.05) is 18.2 Å². The van der Waals surface area contributed by atoms with E-state index in [0.29, 0.717) is 0 Å². The minimum Gasteiger partial charge on any atom is -0.368 e. The van der Waals surface area contributed by atoms with Crippen molar-refractivity contribution in [1.82, 2.24) is 4.90 Å². The molecular weight excluding hydrogens is 405 g/mol. The minimum absolute atomic E-state index is 0.0984. The Morgan fingerprint density at radius 1 is 0.968 bits per heavy atom. The van der Waals surface area contributed by atoms with Crippen LogP contribution >= 0.6 is 11.3 Å². The predicted octanol–water partition coefficient (Wildman–Crippen LogP) is 6.73. The lowest BCUT2D eigenvalue weighted by Crippen LogP contribution is -2.35. The first kappa shape index (κ1) is 22.2. The van der Waals surface area contributed by atoms with Gasteiger partial charge in [0.25, 0.3) is 0 Å². The Morgan fingerprint density at radius 2 is 1.74 bits per heavy atom. The van der Waals surface area contributed by atoms with Crippen LogP contribution in [0.1, 0.15) is 47.8 Å². The van der Waals surface area contributed by atoms with Gasteiger partial charge >= 0.3 is 0 Å². The normalized spacial score (nSPS) is 16.4. The fraction of sp³-hybridized carbons (Fsp3) is 0.407. The maximum Gasteiger partial charge on any atom is 0.123 e. The summed E-state index contributed by atoms with van der Waals surface area (Å²) in [6.45, 7) is 4.35. The second kappa shape index (κ2) is 11.6. The van der Waals surface area contributed by atoms with Gasteiger partial charge in [0, 0.05) is 11.5 Å². The van der Waals surface area contributed by atoms with Gasteiger partial charge in [-0.25, -0.2) is 4.39 Å². The smallest absolute Gasteiger partial charge is 0.123 e. The first-order chi connectivity index (χ1) is 15.3. The number of rotatable bonds is 10. The summed E-state index contributed by atoms with van der Waals surface area (Å²) in [7, 11) is 0. The maximum atomic E-state index is 13.3. The number of benzene rings is 2. The van der Waals surface area contributed by atoms with Gasteiger partial charge in [0.2, 0.25) is 0 Å². The van der Waals surface area contributed by atoms with Crippen molar-refractivity contribution in [3.8, 4) is 0 Å². The number of halogens is 1. The zero-order valence-corrected chi connectivity index (χ0v) is 18.9. The molecular formula is C27H32FNOS. The summed E-state index contributed by atoms with van der Waals surface area (Å²) in [5.41, 5.74) is 2.47. The fourth-order valence-corrected chi connectivity index (χ4v) is 5.22. The zero-order valence-electron chi connectivity index (χ0n) is 18.1. The molecule has 1 saturated heterocycles. The summed E-state index contributed by atoms with van der Waals surface area (Å²) in [6, 6.07) is 21.7. The van der Waals surface area contributed by atoms with Gasteiger partial charge in [-0.2, -0.15) is 0 Å². The fourth-order valence-electron chi connectivity index (χ4n) is 4.42. The number of thiophene rings is 1. The summed E-state index contributed by atoms with van der Waals surface area (Å²) < 4.78 is 19.7. The molecule has 2 nitrogen and oxygen atoms in total. The van der Waals surface area contributed by atoms with E-state index < -0.39 is 0 Å². The maximum absolute atomic E-state index is 13.3. The molecule has 3 aromatic rings. The van der Waals surface area contributed by atoms with Gasteiger partial charge in [0.15, 0.2) is 0 Å². The van der Waals surface area contributed by atoms with Gasteiger partial charge in [-0.3, -0.25) is 0 Å². The van der Waals surface area contributed by atoms with Crippen LogP contribution in [0.3, 0.4) is 0 Å². The molecule has 164 valence electrons. The van der Waals surface area contributed by atoms with Crippen molar-refractivity contribution < 1.29 is 9.13 Å². The van der Waals surface area contributed by atoms with E-state index in [9.17, 15) is 4.39 Å². The molecule has 2 heterocycles. The molecule has 1 aliphatic heterocycles. The first-order valence-electron chi connectivity index (χ1n) is 11.4. The van der Waals surface area contributed by atoms with Crippen molar-refractivity contribution in [2.75, 3.05) is 26.2 Å². The minimum atomic E-state index is -0.204. The molecule has 2 aromatic carbocycles. The molecule has 4 heteroatoms. The molecule has 1 aromatic heterocycles. The lowest BCUT2D eigenvalue weighted by Gasteiger charge is -2.32. The molecule has 0 aliphatic carbocycles. The predicted molar refractivity (Wildman–Crippen MR) is 127 cm³/mol. The number of nitrogens with zero attached hydrogens (tertiary/aromatic N) is 1. The van der Waals surface area contributed by atoms with Crippen molar-refractivity contribution >= 4 is 11.3 Å². The van der Waals surface area contributed by atoms with E-state index in [4.69, 9.17) is 4.74 Å². The highest BCUT2D eigenvalue weighted by Gasteiger charge is 2.21. The number of aryl methyl sites for hydroxylation is 1. The quantitative estimate of drug-likeness (QED) is 0.349. The monoisotopic (exact) mass is 437 g/mol. The van der Waals surface area contributed by atoms with Crippen LogP contribution in [0.25, 0.3) is 0 Å². The molecule has 0 bridgehead atoms. The Balaban J connectivity index is 1.18. The average molecular weight is 438 g/mol. The third kappa shape index (κ3) is 6.73. The molecule has 0 spiro atoms. The molecule has 31 heavy (non-hydrogen) atoms. The average Bonchev–Trinajstić information content (AvgIpc) is 3.34. The molecule has 0 N–H and O–H groups in total. The van der Waals surface area contributed by atoms with Crippen LogP contribution in [0, 0.1) is 11.7 Å². The SMILES string of the molecule is Fc1ccc(C(OCCC2CCN(CCCc3ccccc3)CC2)c2cccs2)cc1. The molecule has 4 rings (SSSR count). The molecule has 1 unspecified atom stereocenters. The van der Waals surface area contributed by atoms with Gasteiger partial charge in [0.05, 0.1) is 0 Å². The Morgan fingerprint density at radius 3 is 2.45 bits per heavy atom. The molecule has 0 amide bonds. The summed E-state index contributed by atoms with van der Waals surface area (Å²) in [5.74, 6) is 0.534. The van der Waals surface area contributed by atoms with E-state index in [2.05, 4.69) is 46.7 Å². The van der Waals surface area contributed by atoms with E-state index in [-0.39, 0.29) is 11.9 Å². The Labute approximate surface area is 189 Å². The Kier molecular flexibility index (Phi) is 8.28. The van der Waals surface area contributed by atoms with Crippen LogP contribution in [0.15, 0.2) is 72.1 Å². The largest absolute Gasteiger partial charge is 0.368 e. The van der Waals surface area contributed by atoms with Gasteiger partial charge < -0.3 is 9.64 Å². The molecule has 0 saturated carbocycles. The van der Waals surface area contributed by atoms with E-state index in [1.165, 1.54) is 67.9 Å². The van der Waals surface area contributed by atoms with E-state index >= 15 is 0 Å². The zero-order chi connectivity index (χ0) is 21.3. The van der Waals surface area contributed by atoms with Crippen LogP contribution in [0.4, 0.5) is 4.39 Å². The Bertz CT molecular complexity index is 873. The highest BCUT2D eigenvalue weighted by atomic mass is 32.1. The lowest BCUT2D eigenvalue weighted by molar-refractivity contribution is 0.0619. The summed E-state index contributed by atoms with van der Waals surface area (Å²) in [5, 5.41) is 2.07. The highest BCUT2D eigenvalue weighted by Crippen LogP contribution is 2.31. The molecule has 0 radical (unpaired) electrons. The van der Waals surface area contributed by atoms with Gasteiger partial charge in [-0.1, -0.05) is 48.5 Å². The summed E-state index contributed by atoms with van der Waals surface area (Å²) in [4.78, 5) is 3.80. The van der Waals surface area contributed by atoms with Gasteiger partial charge in [-0.05, 0) is 92.4 Å². The number of hydrogen-bond donors (Lipinski definition) is 0. The molecule has 1 atom stereocenters. The lowest BCUT2D eigenvalue weighted by atomic mass is 9.93. The molecule has 1 fully saturated rings. The van der Waals surface area contributed by atoms with Crippen molar-refractivity contribution in [3.63, 3.8) is 0 Å². The topological polar surface area (TPSA) is 12.5 Å². The van der Waals surface area contributed by atoms with Crippen LogP contribution in [0.2, 0.25) is 0 Å². The van der Waals surface area contributed by atoms with E-state index in [1.54, 1.807) is 11.3 Å². The third-order valence-corrected chi connectivity index (χ3v) is 7.19. The summed E-state index contributed by atoms with van der Waals surface area (Å²) in [6.07, 6.45) is 5.92. The van der Waals surface area contributed by atoms with Crippen LogP contribution in [-0.4, -0.2) is 31.1 Å². The van der Waals surface area contributed by atoms with Crippen LogP contribution in [-0.2, 0) is 11.2 Å². The van der Waals surface area contributed by atoms with Crippen molar-refractivity contribution in [3.05, 3.63) is 93.9 Å². The van der Waals surface area contributed by atoms with Crippen molar-refractivity contribution in [2.24, 2.45) is 5.92 Å². The highest BCUT2D eigenvalue weighted by molar-refractivity contribution is 7.10. The first-order valence-corrected chi connectivity index (χ1v) is 12.3. The van der Waals surface area contributed by atoms with Gasteiger partial charge in [0.1, 0.15) is 11.9 Å². The second-order valence-electron chi connectivity index (χ2n) is 8.48.